The van der Waals surface area contributed by atoms with Gasteiger partial charge in [-0.3, -0.25) is 0 Å². The monoisotopic (exact) mass is 377 g/mol. The Morgan fingerprint density at radius 3 is 2.77 bits per heavy atom. The van der Waals surface area contributed by atoms with Crippen LogP contribution in [0.15, 0.2) is 24.5 Å². The second-order valence-corrected chi connectivity index (χ2v) is 6.72. The summed E-state index contributed by atoms with van der Waals surface area (Å²) in [5.41, 5.74) is 1.30. The molecular formula is C18H17F2N3O2S. The number of fused-ring (bicyclic) bond motifs is 1. The van der Waals surface area contributed by atoms with Gasteiger partial charge in [-0.15, -0.1) is 11.3 Å². The van der Waals surface area contributed by atoms with Gasteiger partial charge >= 0.3 is 5.97 Å². The first-order chi connectivity index (χ1) is 12.4. The number of hydrogen-bond acceptors (Lipinski definition) is 6. The van der Waals surface area contributed by atoms with Gasteiger partial charge in [0.1, 0.15) is 21.9 Å². The minimum absolute atomic E-state index is 0.288. The quantitative estimate of drug-likeness (QED) is 0.657. The molecule has 2 aromatic heterocycles. The molecule has 0 aliphatic carbocycles. The number of thiophene rings is 1. The van der Waals surface area contributed by atoms with Crippen LogP contribution in [0, 0.1) is 18.6 Å². The molecule has 0 amide bonds. The fourth-order valence-electron chi connectivity index (χ4n) is 2.64. The molecule has 3 aromatic rings. The lowest BCUT2D eigenvalue weighted by molar-refractivity contribution is 0.0531. The Morgan fingerprint density at radius 1 is 1.31 bits per heavy atom. The van der Waals surface area contributed by atoms with Crippen molar-refractivity contribution in [3.8, 4) is 0 Å². The molecule has 5 nitrogen and oxygen atoms in total. The van der Waals surface area contributed by atoms with Gasteiger partial charge in [0.2, 0.25) is 0 Å². The molecule has 0 bridgehead atoms. The lowest BCUT2D eigenvalue weighted by atomic mass is 10.1. The van der Waals surface area contributed by atoms with E-state index in [9.17, 15) is 13.6 Å². The summed E-state index contributed by atoms with van der Waals surface area (Å²) in [5.74, 6) is -1.66. The number of esters is 1. The second kappa shape index (κ2) is 7.33. The molecule has 0 saturated carbocycles. The molecule has 1 unspecified atom stereocenters. The van der Waals surface area contributed by atoms with Crippen molar-refractivity contribution in [2.45, 2.75) is 26.8 Å². The van der Waals surface area contributed by atoms with Gasteiger partial charge in [0, 0.05) is 0 Å². The van der Waals surface area contributed by atoms with Crippen molar-refractivity contribution in [1.29, 1.82) is 0 Å². The highest BCUT2D eigenvalue weighted by molar-refractivity contribution is 7.20. The Balaban J connectivity index is 1.97. The second-order valence-electron chi connectivity index (χ2n) is 5.72. The maximum atomic E-state index is 13.5. The Kier molecular flexibility index (Phi) is 5.13. The average molecular weight is 377 g/mol. The van der Waals surface area contributed by atoms with E-state index in [1.807, 2.05) is 13.8 Å². The largest absolute Gasteiger partial charge is 0.462 e. The minimum atomic E-state index is -0.903. The number of benzene rings is 1. The molecule has 1 aromatic carbocycles. The van der Waals surface area contributed by atoms with Crippen molar-refractivity contribution in [2.24, 2.45) is 0 Å². The van der Waals surface area contributed by atoms with Crippen LogP contribution >= 0.6 is 11.3 Å². The number of aromatic nitrogens is 2. The minimum Gasteiger partial charge on any atom is -0.462 e. The first-order valence-electron chi connectivity index (χ1n) is 8.05. The van der Waals surface area contributed by atoms with E-state index in [4.69, 9.17) is 4.74 Å². The fourth-order valence-corrected chi connectivity index (χ4v) is 3.68. The zero-order valence-corrected chi connectivity index (χ0v) is 15.3. The number of halogens is 2. The predicted octanol–water partition coefficient (Wildman–Crippen LogP) is 4.63. The van der Waals surface area contributed by atoms with E-state index >= 15 is 0 Å². The van der Waals surface area contributed by atoms with Crippen LogP contribution < -0.4 is 5.32 Å². The highest BCUT2D eigenvalue weighted by Gasteiger charge is 2.21. The average Bonchev–Trinajstić information content (AvgIpc) is 2.95. The highest BCUT2D eigenvalue weighted by Crippen LogP contribution is 2.35. The summed E-state index contributed by atoms with van der Waals surface area (Å²) in [6.45, 7) is 5.66. The smallest absolute Gasteiger partial charge is 0.348 e. The van der Waals surface area contributed by atoms with E-state index < -0.39 is 17.6 Å². The number of carbonyl (C=O) groups excluding carboxylic acids is 1. The van der Waals surface area contributed by atoms with Crippen LogP contribution in [0.1, 0.15) is 40.7 Å². The molecule has 0 aliphatic rings. The number of hydrogen-bond donors (Lipinski definition) is 1. The lowest BCUT2D eigenvalue weighted by Crippen LogP contribution is -2.09. The molecule has 26 heavy (non-hydrogen) atoms. The van der Waals surface area contributed by atoms with Gasteiger partial charge in [0.15, 0.2) is 11.6 Å². The van der Waals surface area contributed by atoms with Crippen molar-refractivity contribution in [1.82, 2.24) is 9.97 Å². The lowest BCUT2D eigenvalue weighted by Gasteiger charge is -2.16. The summed E-state index contributed by atoms with van der Waals surface area (Å²) in [5, 5.41) is 3.90. The predicted molar refractivity (Wildman–Crippen MR) is 96.5 cm³/mol. The molecule has 0 aliphatic heterocycles. The van der Waals surface area contributed by atoms with E-state index in [0.717, 1.165) is 23.1 Å². The molecule has 8 heteroatoms. The van der Waals surface area contributed by atoms with E-state index in [1.165, 1.54) is 23.7 Å². The van der Waals surface area contributed by atoms with Gasteiger partial charge in [-0.2, -0.15) is 0 Å². The summed E-state index contributed by atoms with van der Waals surface area (Å²) in [4.78, 5) is 21.7. The van der Waals surface area contributed by atoms with Gasteiger partial charge in [0.05, 0.1) is 18.0 Å². The van der Waals surface area contributed by atoms with Gasteiger partial charge in [-0.1, -0.05) is 6.07 Å². The highest BCUT2D eigenvalue weighted by atomic mass is 32.1. The number of ether oxygens (including phenoxy) is 1. The van der Waals surface area contributed by atoms with Gasteiger partial charge in [-0.05, 0) is 44.0 Å². The molecule has 1 atom stereocenters. The molecule has 0 fully saturated rings. The Labute approximate surface area is 153 Å². The first kappa shape index (κ1) is 18.2. The van der Waals surface area contributed by atoms with E-state index in [0.29, 0.717) is 21.1 Å². The van der Waals surface area contributed by atoms with Crippen LogP contribution in [0.2, 0.25) is 0 Å². The zero-order chi connectivity index (χ0) is 18.8. The third kappa shape index (κ3) is 3.37. The molecule has 0 radical (unpaired) electrons. The number of nitrogens with one attached hydrogen (secondary N) is 1. The van der Waals surface area contributed by atoms with Crippen LogP contribution in [0.4, 0.5) is 14.6 Å². The summed E-state index contributed by atoms with van der Waals surface area (Å²) in [6, 6.07) is 3.43. The van der Waals surface area contributed by atoms with Crippen molar-refractivity contribution in [2.75, 3.05) is 11.9 Å². The van der Waals surface area contributed by atoms with Crippen molar-refractivity contribution in [3.63, 3.8) is 0 Å². The maximum Gasteiger partial charge on any atom is 0.348 e. The number of aryl methyl sites for hydroxylation is 1. The fraction of sp³-hybridized carbons (Fsp3) is 0.278. The molecule has 0 spiro atoms. The van der Waals surface area contributed by atoms with Crippen LogP contribution in [-0.2, 0) is 4.74 Å². The van der Waals surface area contributed by atoms with Crippen LogP contribution in [0.3, 0.4) is 0 Å². The SMILES string of the molecule is CCOC(=O)c1sc2ncnc(NC(C)c3ccc(F)c(F)c3)c2c1C. The van der Waals surface area contributed by atoms with E-state index in [2.05, 4.69) is 15.3 Å². The number of rotatable bonds is 5. The van der Waals surface area contributed by atoms with Crippen molar-refractivity contribution >= 4 is 33.3 Å². The summed E-state index contributed by atoms with van der Waals surface area (Å²) >= 11 is 1.24. The number of anilines is 1. The normalized spacial score (nSPS) is 12.2. The summed E-state index contributed by atoms with van der Waals surface area (Å²) in [7, 11) is 0. The third-order valence-corrected chi connectivity index (χ3v) is 5.16. The zero-order valence-electron chi connectivity index (χ0n) is 14.5. The number of nitrogens with zero attached hydrogens (tertiary/aromatic N) is 2. The summed E-state index contributed by atoms with van der Waals surface area (Å²) in [6.07, 6.45) is 1.40. The van der Waals surface area contributed by atoms with Crippen molar-refractivity contribution in [3.05, 3.63) is 52.2 Å². The topological polar surface area (TPSA) is 64.1 Å². The molecule has 3 rings (SSSR count). The Hall–Kier alpha value is -2.61. The standard InChI is InChI=1S/C18H17F2N3O2S/c1-4-25-18(24)15-9(2)14-16(21-8-22-17(14)26-15)23-10(3)11-5-6-12(19)13(20)7-11/h5-8,10H,4H2,1-3H3,(H,21,22,23). The molecule has 1 N–H and O–H groups in total. The third-order valence-electron chi connectivity index (χ3n) is 3.98. The molecule has 136 valence electrons. The van der Waals surface area contributed by atoms with Crippen LogP contribution in [0.5, 0.6) is 0 Å². The molecule has 2 heterocycles. The molecular weight excluding hydrogens is 360 g/mol. The van der Waals surface area contributed by atoms with E-state index in [-0.39, 0.29) is 12.6 Å². The van der Waals surface area contributed by atoms with Gasteiger partial charge < -0.3 is 10.1 Å². The van der Waals surface area contributed by atoms with Crippen LogP contribution in [-0.4, -0.2) is 22.5 Å². The van der Waals surface area contributed by atoms with Crippen LogP contribution in [0.25, 0.3) is 10.2 Å². The number of carbonyl (C=O) groups is 1. The summed E-state index contributed by atoms with van der Waals surface area (Å²) < 4.78 is 31.7. The molecule has 0 saturated heterocycles. The van der Waals surface area contributed by atoms with Gasteiger partial charge in [0.25, 0.3) is 0 Å². The Bertz CT molecular complexity index is 974. The van der Waals surface area contributed by atoms with Gasteiger partial charge in [-0.25, -0.2) is 23.5 Å². The maximum absolute atomic E-state index is 13.5. The van der Waals surface area contributed by atoms with E-state index in [1.54, 1.807) is 6.92 Å². The Morgan fingerprint density at radius 2 is 2.08 bits per heavy atom. The first-order valence-corrected chi connectivity index (χ1v) is 8.86. The van der Waals surface area contributed by atoms with Crippen molar-refractivity contribution < 1.29 is 18.3 Å².